The van der Waals surface area contributed by atoms with Crippen LogP contribution in [0, 0.1) is 11.5 Å². The van der Waals surface area contributed by atoms with Crippen LogP contribution in [-0.2, 0) is 9.92 Å². The van der Waals surface area contributed by atoms with Crippen molar-refractivity contribution in [3.05, 3.63) is 0 Å². The van der Waals surface area contributed by atoms with Crippen LogP contribution in [0.5, 0.6) is 0 Å². The Hall–Kier alpha value is -0.600. The second kappa shape index (κ2) is 3.20. The van der Waals surface area contributed by atoms with E-state index in [1.807, 2.05) is 20.8 Å². The third-order valence-electron chi connectivity index (χ3n) is 0.711. The van der Waals surface area contributed by atoms with Crippen LogP contribution in [0.25, 0.3) is 0 Å². The lowest BCUT2D eigenvalue weighted by atomic mass is 10.1. The van der Waals surface area contributed by atoms with Crippen LogP contribution in [0.4, 0.5) is 0 Å². The normalized spacial score (nSPS) is 16.6. The van der Waals surface area contributed by atoms with Crippen LogP contribution in [0.2, 0.25) is 0 Å². The zero-order valence-corrected chi connectivity index (χ0v) is 8.03. The predicted molar refractivity (Wildman–Crippen MR) is 45.0 cm³/mol. The summed E-state index contributed by atoms with van der Waals surface area (Å²) in [4.78, 5) is 0. The highest BCUT2D eigenvalue weighted by Gasteiger charge is 2.13. The molecule has 0 aliphatic carbocycles. The van der Waals surface area contributed by atoms with Crippen molar-refractivity contribution in [2.75, 3.05) is 6.26 Å². The van der Waals surface area contributed by atoms with Crippen molar-refractivity contribution in [1.29, 1.82) is 5.26 Å². The van der Waals surface area contributed by atoms with Gasteiger partial charge in [-0.25, -0.2) is 8.93 Å². The molecule has 5 heteroatoms. The Bertz CT molecular complexity index is 275. The number of hydrogen-bond acceptors (Lipinski definition) is 3. The van der Waals surface area contributed by atoms with Crippen molar-refractivity contribution >= 4 is 9.92 Å². The van der Waals surface area contributed by atoms with Crippen molar-refractivity contribution in [3.8, 4) is 6.19 Å². The third kappa shape index (κ3) is 5.83. The van der Waals surface area contributed by atoms with Crippen molar-refractivity contribution in [1.82, 2.24) is 4.72 Å². The van der Waals surface area contributed by atoms with E-state index in [0.29, 0.717) is 0 Å². The summed E-state index contributed by atoms with van der Waals surface area (Å²) in [5, 5.41) is 8.16. The molecule has 0 aromatic rings. The molecule has 0 saturated heterocycles. The van der Waals surface area contributed by atoms with E-state index < -0.39 is 9.92 Å². The van der Waals surface area contributed by atoms with Gasteiger partial charge in [-0.05, 0) is 20.8 Å². The average molecular weight is 175 g/mol. The number of nitriles is 1. The fourth-order valence-corrected chi connectivity index (χ4v) is 2.01. The van der Waals surface area contributed by atoms with Gasteiger partial charge in [-0.1, -0.05) is 0 Å². The minimum absolute atomic E-state index is 0.286. The van der Waals surface area contributed by atoms with Gasteiger partial charge in [0.05, 0.1) is 0 Å². The highest BCUT2D eigenvalue weighted by atomic mass is 32.2. The Balaban J connectivity index is 4.55. The number of nitrogens with zero attached hydrogens (tertiary/aromatic N) is 2. The van der Waals surface area contributed by atoms with E-state index >= 15 is 0 Å². The first-order chi connectivity index (χ1) is 4.77. The quantitative estimate of drug-likeness (QED) is 0.601. The fraction of sp³-hybridized carbons (Fsp3) is 0.833. The molecule has 0 aliphatic heterocycles. The second-order valence-electron chi connectivity index (χ2n) is 3.35. The summed E-state index contributed by atoms with van der Waals surface area (Å²) in [6.07, 6.45) is 2.92. The summed E-state index contributed by atoms with van der Waals surface area (Å²) < 4.78 is 17.3. The smallest absolute Gasteiger partial charge is 0.215 e. The Morgan fingerprint density at radius 1 is 1.55 bits per heavy atom. The molecule has 0 amide bonds. The molecule has 11 heavy (non-hydrogen) atoms. The van der Waals surface area contributed by atoms with E-state index in [0.717, 1.165) is 0 Å². The number of nitrogens with one attached hydrogen (secondary N) is 1. The molecular formula is C6H13N3OS. The highest BCUT2D eigenvalue weighted by Crippen LogP contribution is 2.01. The summed E-state index contributed by atoms with van der Waals surface area (Å²) in [7, 11) is -2.53. The zero-order valence-electron chi connectivity index (χ0n) is 7.21. The van der Waals surface area contributed by atoms with Crippen molar-refractivity contribution in [2.24, 2.45) is 4.36 Å². The SMILES string of the molecule is CC(C)(C)NS(C)(=O)=NC#N. The van der Waals surface area contributed by atoms with Gasteiger partial charge in [-0.15, -0.1) is 4.36 Å². The first-order valence-corrected chi connectivity index (χ1v) is 5.08. The molecule has 0 rings (SSSR count). The molecule has 1 N–H and O–H groups in total. The molecule has 0 radical (unpaired) electrons. The summed E-state index contributed by atoms with van der Waals surface area (Å²) in [6.45, 7) is 5.59. The lowest BCUT2D eigenvalue weighted by Crippen LogP contribution is -2.39. The Kier molecular flexibility index (Phi) is 3.02. The molecule has 0 aliphatic rings. The molecule has 1 unspecified atom stereocenters. The molecule has 0 heterocycles. The lowest BCUT2D eigenvalue weighted by Gasteiger charge is -2.20. The maximum atomic E-state index is 11.3. The van der Waals surface area contributed by atoms with Crippen LogP contribution in [0.3, 0.4) is 0 Å². The van der Waals surface area contributed by atoms with Crippen LogP contribution in [0.1, 0.15) is 20.8 Å². The monoisotopic (exact) mass is 175 g/mol. The molecule has 4 nitrogen and oxygen atoms in total. The Morgan fingerprint density at radius 3 is 2.27 bits per heavy atom. The summed E-state index contributed by atoms with van der Waals surface area (Å²) in [5.41, 5.74) is -0.286. The van der Waals surface area contributed by atoms with Crippen molar-refractivity contribution in [3.63, 3.8) is 0 Å². The van der Waals surface area contributed by atoms with Crippen LogP contribution >= 0.6 is 0 Å². The average Bonchev–Trinajstić information content (AvgIpc) is 1.55. The number of rotatable bonds is 1. The zero-order chi connectivity index (χ0) is 9.12. The van der Waals surface area contributed by atoms with Gasteiger partial charge in [-0.2, -0.15) is 5.26 Å². The topological polar surface area (TPSA) is 65.2 Å². The maximum Gasteiger partial charge on any atom is 0.215 e. The largest absolute Gasteiger partial charge is 0.233 e. The van der Waals surface area contributed by atoms with Gasteiger partial charge in [0.25, 0.3) is 0 Å². The van der Waals surface area contributed by atoms with Gasteiger partial charge < -0.3 is 0 Å². The third-order valence-corrected chi connectivity index (χ3v) is 2.13. The molecule has 0 saturated carbocycles. The van der Waals surface area contributed by atoms with Gasteiger partial charge in [0, 0.05) is 11.8 Å². The van der Waals surface area contributed by atoms with Gasteiger partial charge in [0.15, 0.2) is 0 Å². The Morgan fingerprint density at radius 2 is 2.00 bits per heavy atom. The van der Waals surface area contributed by atoms with E-state index in [1.54, 1.807) is 0 Å². The second-order valence-corrected chi connectivity index (χ2v) is 5.34. The van der Waals surface area contributed by atoms with E-state index in [1.165, 1.54) is 12.4 Å². The molecular weight excluding hydrogens is 162 g/mol. The van der Waals surface area contributed by atoms with Gasteiger partial charge in [0.2, 0.25) is 6.19 Å². The Labute approximate surface area is 67.9 Å². The minimum atomic E-state index is -2.53. The summed E-state index contributed by atoms with van der Waals surface area (Å²) in [6, 6.07) is 0. The fourth-order valence-electron chi connectivity index (χ4n) is 0.669. The predicted octanol–water partition coefficient (Wildman–Crippen LogP) is 0.868. The van der Waals surface area contributed by atoms with E-state index in [9.17, 15) is 4.21 Å². The molecule has 0 fully saturated rings. The molecule has 1 atom stereocenters. The van der Waals surface area contributed by atoms with Crippen molar-refractivity contribution in [2.45, 2.75) is 26.3 Å². The van der Waals surface area contributed by atoms with E-state index in [2.05, 4.69) is 9.08 Å². The van der Waals surface area contributed by atoms with Gasteiger partial charge in [0.1, 0.15) is 9.92 Å². The molecule has 0 bridgehead atoms. The molecule has 0 aromatic carbocycles. The molecule has 0 spiro atoms. The summed E-state index contributed by atoms with van der Waals surface area (Å²) in [5.74, 6) is 0. The van der Waals surface area contributed by atoms with Gasteiger partial charge >= 0.3 is 0 Å². The van der Waals surface area contributed by atoms with Crippen molar-refractivity contribution < 1.29 is 4.21 Å². The first-order valence-electron chi connectivity index (χ1n) is 3.16. The first kappa shape index (κ1) is 10.4. The summed E-state index contributed by atoms with van der Waals surface area (Å²) >= 11 is 0. The van der Waals surface area contributed by atoms with E-state index in [4.69, 9.17) is 5.26 Å². The number of hydrogen-bond donors (Lipinski definition) is 1. The van der Waals surface area contributed by atoms with Crippen LogP contribution in [0.15, 0.2) is 4.36 Å². The minimum Gasteiger partial charge on any atom is -0.233 e. The van der Waals surface area contributed by atoms with Gasteiger partial charge in [-0.3, -0.25) is 0 Å². The standard InChI is InChI=1S/C6H13N3OS/c1-6(2,3)9-11(4,10)8-5-7/h1-4H3,(H,8,9,10). The molecule has 64 valence electrons. The van der Waals surface area contributed by atoms with Crippen LogP contribution in [-0.4, -0.2) is 16.0 Å². The lowest BCUT2D eigenvalue weighted by molar-refractivity contribution is 0.518. The highest BCUT2D eigenvalue weighted by molar-refractivity contribution is 7.91. The molecule has 0 aromatic heterocycles. The van der Waals surface area contributed by atoms with Crippen LogP contribution < -0.4 is 4.72 Å². The maximum absolute atomic E-state index is 11.3. The van der Waals surface area contributed by atoms with E-state index in [-0.39, 0.29) is 5.54 Å².